The van der Waals surface area contributed by atoms with Gasteiger partial charge in [0.1, 0.15) is 0 Å². The van der Waals surface area contributed by atoms with Crippen molar-refractivity contribution in [2.24, 2.45) is 23.3 Å². The first-order valence-corrected chi connectivity index (χ1v) is 9.30. The van der Waals surface area contributed by atoms with Crippen LogP contribution in [0.5, 0.6) is 0 Å². The predicted octanol–water partition coefficient (Wildman–Crippen LogP) is 4.36. The smallest absolute Gasteiger partial charge is 0.00703 e. The van der Waals surface area contributed by atoms with Crippen LogP contribution in [-0.4, -0.2) is 12.1 Å². The maximum absolute atomic E-state index is 6.58. The van der Waals surface area contributed by atoms with Crippen LogP contribution in [0.2, 0.25) is 0 Å². The van der Waals surface area contributed by atoms with Crippen molar-refractivity contribution >= 4 is 0 Å². The van der Waals surface area contributed by atoms with Crippen molar-refractivity contribution in [3.63, 3.8) is 0 Å². The molecule has 0 aromatic rings. The lowest BCUT2D eigenvalue weighted by Gasteiger charge is -2.35. The summed E-state index contributed by atoms with van der Waals surface area (Å²) in [4.78, 5) is 0. The van der Waals surface area contributed by atoms with Gasteiger partial charge in [0.25, 0.3) is 0 Å². The largest absolute Gasteiger partial charge is 0.327 e. The fraction of sp³-hybridized carbons (Fsp3) is 1.00. The Morgan fingerprint density at radius 1 is 0.400 bits per heavy atom. The van der Waals surface area contributed by atoms with Crippen LogP contribution in [0.1, 0.15) is 89.9 Å². The number of hydrogen-bond acceptors (Lipinski definition) is 2. The molecule has 118 valence electrons. The average molecular weight is 280 g/mol. The molecule has 0 heterocycles. The van der Waals surface area contributed by atoms with Gasteiger partial charge in [-0.05, 0) is 37.5 Å². The molecule has 2 heteroatoms. The van der Waals surface area contributed by atoms with Crippen molar-refractivity contribution in [2.45, 2.75) is 102 Å². The topological polar surface area (TPSA) is 52.0 Å². The van der Waals surface area contributed by atoms with E-state index in [-0.39, 0.29) is 0 Å². The molecule has 4 atom stereocenters. The first-order valence-electron chi connectivity index (χ1n) is 9.30. The molecule has 4 N–H and O–H groups in total. The minimum Gasteiger partial charge on any atom is -0.327 e. The highest BCUT2D eigenvalue weighted by Crippen LogP contribution is 2.34. The van der Waals surface area contributed by atoms with E-state index in [9.17, 15) is 0 Å². The molecule has 4 unspecified atom stereocenters. The van der Waals surface area contributed by atoms with Crippen molar-refractivity contribution < 1.29 is 0 Å². The van der Waals surface area contributed by atoms with Gasteiger partial charge in [0, 0.05) is 12.1 Å². The molecule has 0 bridgehead atoms. The summed E-state index contributed by atoms with van der Waals surface area (Å²) in [7, 11) is 0. The molecule has 2 nitrogen and oxygen atoms in total. The quantitative estimate of drug-likeness (QED) is 0.749. The second-order valence-corrected chi connectivity index (χ2v) is 7.35. The maximum Gasteiger partial charge on any atom is 0.00703 e. The van der Waals surface area contributed by atoms with E-state index in [0.29, 0.717) is 23.9 Å². The molecule has 0 aromatic heterocycles. The lowest BCUT2D eigenvalue weighted by molar-refractivity contribution is 0.197. The molecular formula is C18H36N2. The molecule has 2 saturated carbocycles. The monoisotopic (exact) mass is 280 g/mol. The molecule has 0 aromatic carbocycles. The predicted molar refractivity (Wildman–Crippen MR) is 87.6 cm³/mol. The maximum atomic E-state index is 6.58. The van der Waals surface area contributed by atoms with E-state index < -0.39 is 0 Å². The highest BCUT2D eigenvalue weighted by atomic mass is 14.7. The number of nitrogens with two attached hydrogens (primary N) is 2. The van der Waals surface area contributed by atoms with Crippen molar-refractivity contribution in [3.8, 4) is 0 Å². The second kappa shape index (κ2) is 9.04. The molecule has 2 aliphatic rings. The van der Waals surface area contributed by atoms with E-state index in [1.165, 1.54) is 89.9 Å². The molecule has 0 saturated heterocycles. The summed E-state index contributed by atoms with van der Waals surface area (Å²) >= 11 is 0. The van der Waals surface area contributed by atoms with Crippen LogP contribution in [0, 0.1) is 11.8 Å². The Bertz CT molecular complexity index is 228. The standard InChI is InChI=1S/C18H36N2/c19-17-13-9-5-1-3-7-11-15(17)16-12-8-4-2-6-10-14-18(16)20/h15-18H,1-14,19-20H2. The first kappa shape index (κ1) is 16.3. The van der Waals surface area contributed by atoms with Crippen LogP contribution in [0.3, 0.4) is 0 Å². The summed E-state index contributed by atoms with van der Waals surface area (Å²) in [6.07, 6.45) is 19.0. The summed E-state index contributed by atoms with van der Waals surface area (Å²) in [5.74, 6) is 1.39. The van der Waals surface area contributed by atoms with Gasteiger partial charge in [0.05, 0.1) is 0 Å². The summed E-state index contributed by atoms with van der Waals surface area (Å²) in [5.41, 5.74) is 13.2. The molecule has 20 heavy (non-hydrogen) atoms. The Kier molecular flexibility index (Phi) is 7.37. The van der Waals surface area contributed by atoms with Gasteiger partial charge in [-0.2, -0.15) is 0 Å². The fourth-order valence-corrected chi connectivity index (χ4v) is 4.50. The van der Waals surface area contributed by atoms with E-state index >= 15 is 0 Å². The summed E-state index contributed by atoms with van der Waals surface area (Å²) in [6.45, 7) is 0. The van der Waals surface area contributed by atoms with Crippen LogP contribution in [-0.2, 0) is 0 Å². The van der Waals surface area contributed by atoms with Crippen LogP contribution >= 0.6 is 0 Å². The third-order valence-electron chi connectivity index (χ3n) is 5.80. The first-order chi connectivity index (χ1) is 9.79. The molecule has 0 spiro atoms. The summed E-state index contributed by atoms with van der Waals surface area (Å²) in [6, 6.07) is 0.815. The van der Waals surface area contributed by atoms with Crippen LogP contribution in [0.25, 0.3) is 0 Å². The number of hydrogen-bond donors (Lipinski definition) is 2. The molecule has 2 aliphatic carbocycles. The average Bonchev–Trinajstić information content (AvgIpc) is 2.60. The van der Waals surface area contributed by atoms with Gasteiger partial charge in [0.15, 0.2) is 0 Å². The van der Waals surface area contributed by atoms with Crippen LogP contribution in [0.15, 0.2) is 0 Å². The van der Waals surface area contributed by atoms with Gasteiger partial charge in [0.2, 0.25) is 0 Å². The number of rotatable bonds is 1. The third-order valence-corrected chi connectivity index (χ3v) is 5.80. The Labute approximate surface area is 126 Å². The highest BCUT2D eigenvalue weighted by Gasteiger charge is 2.31. The zero-order valence-electron chi connectivity index (χ0n) is 13.4. The zero-order valence-corrected chi connectivity index (χ0v) is 13.4. The van der Waals surface area contributed by atoms with Crippen molar-refractivity contribution in [1.29, 1.82) is 0 Å². The van der Waals surface area contributed by atoms with Crippen LogP contribution in [0.4, 0.5) is 0 Å². The molecule has 2 fully saturated rings. The van der Waals surface area contributed by atoms with E-state index in [0.717, 1.165) is 0 Å². The van der Waals surface area contributed by atoms with Crippen molar-refractivity contribution in [3.05, 3.63) is 0 Å². The lowest BCUT2D eigenvalue weighted by atomic mass is 9.74. The van der Waals surface area contributed by atoms with E-state index in [4.69, 9.17) is 11.5 Å². The minimum absolute atomic E-state index is 0.407. The van der Waals surface area contributed by atoms with E-state index in [1.807, 2.05) is 0 Å². The zero-order chi connectivity index (χ0) is 14.2. The van der Waals surface area contributed by atoms with Gasteiger partial charge >= 0.3 is 0 Å². The molecule has 0 aliphatic heterocycles. The van der Waals surface area contributed by atoms with E-state index in [2.05, 4.69) is 0 Å². The lowest BCUT2D eigenvalue weighted by Crippen LogP contribution is -2.43. The van der Waals surface area contributed by atoms with E-state index in [1.54, 1.807) is 0 Å². The van der Waals surface area contributed by atoms with Gasteiger partial charge in [-0.3, -0.25) is 0 Å². The fourth-order valence-electron chi connectivity index (χ4n) is 4.50. The van der Waals surface area contributed by atoms with Crippen LogP contribution < -0.4 is 11.5 Å². The Balaban J connectivity index is 2.01. The van der Waals surface area contributed by atoms with Gasteiger partial charge in [-0.15, -0.1) is 0 Å². The van der Waals surface area contributed by atoms with Gasteiger partial charge < -0.3 is 11.5 Å². The van der Waals surface area contributed by atoms with Gasteiger partial charge in [-0.25, -0.2) is 0 Å². The molecule has 0 radical (unpaired) electrons. The highest BCUT2D eigenvalue weighted by molar-refractivity contribution is 4.87. The normalized spacial score (nSPS) is 38.7. The second-order valence-electron chi connectivity index (χ2n) is 7.35. The Morgan fingerprint density at radius 3 is 1.10 bits per heavy atom. The SMILES string of the molecule is NC1CCCCCCCC1C1CCCCCCCC1N. The molecule has 2 rings (SSSR count). The van der Waals surface area contributed by atoms with Crippen molar-refractivity contribution in [1.82, 2.24) is 0 Å². The Hall–Kier alpha value is -0.0800. The minimum atomic E-state index is 0.407. The molecule has 0 amide bonds. The summed E-state index contributed by atoms with van der Waals surface area (Å²) in [5, 5.41) is 0. The molecular weight excluding hydrogens is 244 g/mol. The van der Waals surface area contributed by atoms with Gasteiger partial charge in [-0.1, -0.05) is 64.2 Å². The summed E-state index contributed by atoms with van der Waals surface area (Å²) < 4.78 is 0. The third kappa shape index (κ3) is 5.04. The Morgan fingerprint density at radius 2 is 0.700 bits per heavy atom. The van der Waals surface area contributed by atoms with Crippen molar-refractivity contribution in [2.75, 3.05) is 0 Å².